The summed E-state index contributed by atoms with van der Waals surface area (Å²) in [5.74, 6) is -2.07. The highest BCUT2D eigenvalue weighted by Gasteiger charge is 2.41. The van der Waals surface area contributed by atoms with Crippen LogP contribution >= 0.6 is 11.6 Å². The smallest absolute Gasteiger partial charge is 0.329 e. The van der Waals surface area contributed by atoms with Crippen LogP contribution < -0.4 is 10.1 Å². The van der Waals surface area contributed by atoms with E-state index in [4.69, 9.17) is 21.1 Å². The minimum absolute atomic E-state index is 0.0341. The van der Waals surface area contributed by atoms with E-state index in [1.54, 1.807) is 0 Å². The molecule has 1 aliphatic rings. The van der Waals surface area contributed by atoms with E-state index in [1.165, 1.54) is 6.07 Å². The number of halogens is 2. The van der Waals surface area contributed by atoms with E-state index in [1.807, 2.05) is 0 Å². The molecule has 2 N–H and O–H groups in total. The maximum atomic E-state index is 12.9. The molecule has 1 amide bonds. The second kappa shape index (κ2) is 6.93. The summed E-state index contributed by atoms with van der Waals surface area (Å²) in [6, 6.07) is 3.51. The fourth-order valence-corrected chi connectivity index (χ4v) is 2.37. The minimum Gasteiger partial charge on any atom is -0.482 e. The van der Waals surface area contributed by atoms with Crippen molar-refractivity contribution in [2.45, 2.75) is 18.4 Å². The van der Waals surface area contributed by atoms with Gasteiger partial charge < -0.3 is 19.9 Å². The Bertz CT molecular complexity index is 574. The second-order valence-corrected chi connectivity index (χ2v) is 5.32. The van der Waals surface area contributed by atoms with Gasteiger partial charge in [-0.15, -0.1) is 0 Å². The van der Waals surface area contributed by atoms with Crippen LogP contribution in [0.25, 0.3) is 0 Å². The molecule has 0 radical (unpaired) electrons. The van der Waals surface area contributed by atoms with Gasteiger partial charge in [0.2, 0.25) is 0 Å². The molecule has 0 aliphatic carbocycles. The van der Waals surface area contributed by atoms with E-state index < -0.39 is 29.8 Å². The van der Waals surface area contributed by atoms with E-state index in [9.17, 15) is 19.1 Å². The number of carboxylic acid groups (broad SMARTS) is 1. The van der Waals surface area contributed by atoms with Gasteiger partial charge in [-0.05, 0) is 18.2 Å². The number of rotatable bonds is 5. The number of carbonyl (C=O) groups is 2. The molecule has 0 bridgehead atoms. The van der Waals surface area contributed by atoms with Crippen molar-refractivity contribution in [1.29, 1.82) is 0 Å². The molecule has 0 saturated carbocycles. The lowest BCUT2D eigenvalue weighted by Gasteiger charge is -2.33. The van der Waals surface area contributed by atoms with E-state index in [0.717, 1.165) is 12.1 Å². The van der Waals surface area contributed by atoms with Gasteiger partial charge in [-0.2, -0.15) is 0 Å². The van der Waals surface area contributed by atoms with Crippen molar-refractivity contribution in [3.05, 3.63) is 29.0 Å². The molecule has 8 heteroatoms. The first-order valence-electron chi connectivity index (χ1n) is 6.63. The number of ether oxygens (including phenoxy) is 2. The zero-order valence-electron chi connectivity index (χ0n) is 11.6. The van der Waals surface area contributed by atoms with E-state index in [-0.39, 0.29) is 36.8 Å². The third-order valence-electron chi connectivity index (χ3n) is 3.39. The summed E-state index contributed by atoms with van der Waals surface area (Å²) in [7, 11) is 0. The van der Waals surface area contributed by atoms with Gasteiger partial charge in [0.05, 0.1) is 5.02 Å². The molecule has 0 atom stereocenters. The lowest BCUT2D eigenvalue weighted by Crippen LogP contribution is -2.58. The molecule has 2 rings (SSSR count). The molecule has 1 heterocycles. The van der Waals surface area contributed by atoms with Crippen molar-refractivity contribution < 1.29 is 28.6 Å². The molecule has 120 valence electrons. The van der Waals surface area contributed by atoms with E-state index in [0.29, 0.717) is 0 Å². The Kier molecular flexibility index (Phi) is 5.20. The van der Waals surface area contributed by atoms with Crippen LogP contribution in [0.1, 0.15) is 12.8 Å². The molecule has 1 aromatic rings. The van der Waals surface area contributed by atoms with Gasteiger partial charge in [0.1, 0.15) is 17.1 Å². The van der Waals surface area contributed by atoms with Crippen molar-refractivity contribution in [1.82, 2.24) is 5.32 Å². The number of carbonyl (C=O) groups excluding carboxylic acids is 1. The average molecular weight is 332 g/mol. The number of benzene rings is 1. The summed E-state index contributed by atoms with van der Waals surface area (Å²) in [6.45, 7) is 0.107. The zero-order chi connectivity index (χ0) is 16.2. The highest BCUT2D eigenvalue weighted by atomic mass is 35.5. The predicted octanol–water partition coefficient (Wildman–Crippen LogP) is 1.61. The number of carboxylic acids is 1. The van der Waals surface area contributed by atoms with Gasteiger partial charge in [0.15, 0.2) is 6.61 Å². The lowest BCUT2D eigenvalue weighted by molar-refractivity contribution is -0.152. The quantitative estimate of drug-likeness (QED) is 0.856. The maximum Gasteiger partial charge on any atom is 0.329 e. The van der Waals surface area contributed by atoms with Gasteiger partial charge in [-0.25, -0.2) is 9.18 Å². The van der Waals surface area contributed by atoms with Gasteiger partial charge in [0.25, 0.3) is 5.91 Å². The Morgan fingerprint density at radius 3 is 2.68 bits per heavy atom. The summed E-state index contributed by atoms with van der Waals surface area (Å²) in [4.78, 5) is 23.3. The minimum atomic E-state index is -1.34. The molecule has 1 saturated heterocycles. The zero-order valence-corrected chi connectivity index (χ0v) is 12.4. The fourth-order valence-electron chi connectivity index (χ4n) is 2.15. The Hall–Kier alpha value is -1.86. The van der Waals surface area contributed by atoms with Crippen LogP contribution in [-0.2, 0) is 14.3 Å². The molecule has 1 aromatic carbocycles. The lowest BCUT2D eigenvalue weighted by atomic mass is 9.90. The summed E-state index contributed by atoms with van der Waals surface area (Å²) in [5, 5.41) is 11.8. The SMILES string of the molecule is O=C(COc1ccc(F)cc1Cl)NC1(C(=O)O)CCOCC1. The highest BCUT2D eigenvalue weighted by molar-refractivity contribution is 6.32. The van der Waals surface area contributed by atoms with Crippen molar-refractivity contribution in [2.75, 3.05) is 19.8 Å². The second-order valence-electron chi connectivity index (χ2n) is 4.91. The number of nitrogens with one attached hydrogen (secondary N) is 1. The Morgan fingerprint density at radius 1 is 1.41 bits per heavy atom. The first-order valence-corrected chi connectivity index (χ1v) is 7.01. The number of aliphatic carboxylic acids is 1. The van der Waals surface area contributed by atoms with E-state index in [2.05, 4.69) is 5.32 Å². The first-order chi connectivity index (χ1) is 10.4. The summed E-state index contributed by atoms with van der Waals surface area (Å²) in [5.41, 5.74) is -1.34. The molecule has 1 aliphatic heterocycles. The number of hydrogen-bond acceptors (Lipinski definition) is 4. The number of hydrogen-bond donors (Lipinski definition) is 2. The summed E-state index contributed by atoms with van der Waals surface area (Å²) in [6.07, 6.45) is 0.372. The summed E-state index contributed by atoms with van der Waals surface area (Å²) < 4.78 is 23.2. The van der Waals surface area contributed by atoms with Gasteiger partial charge in [0, 0.05) is 26.1 Å². The molecule has 0 aromatic heterocycles. The fraction of sp³-hybridized carbons (Fsp3) is 0.429. The van der Waals surface area contributed by atoms with Gasteiger partial charge in [-0.1, -0.05) is 11.6 Å². The van der Waals surface area contributed by atoms with Crippen LogP contribution in [0.3, 0.4) is 0 Å². The Labute approximate surface area is 131 Å². The van der Waals surface area contributed by atoms with Crippen molar-refractivity contribution in [3.8, 4) is 5.75 Å². The molecular weight excluding hydrogens is 317 g/mol. The molecule has 22 heavy (non-hydrogen) atoms. The molecule has 6 nitrogen and oxygen atoms in total. The third-order valence-corrected chi connectivity index (χ3v) is 3.68. The average Bonchev–Trinajstić information content (AvgIpc) is 2.47. The van der Waals surface area contributed by atoms with Gasteiger partial charge >= 0.3 is 5.97 Å². The van der Waals surface area contributed by atoms with Crippen LogP contribution in [0, 0.1) is 5.82 Å². The highest BCUT2D eigenvalue weighted by Crippen LogP contribution is 2.25. The van der Waals surface area contributed by atoms with Crippen LogP contribution in [-0.4, -0.2) is 42.3 Å². The standard InChI is InChI=1S/C14H15ClFNO5/c15-10-7-9(16)1-2-11(10)22-8-12(18)17-14(13(19)20)3-5-21-6-4-14/h1-2,7H,3-6,8H2,(H,17,18)(H,19,20). The molecule has 0 unspecified atom stereocenters. The summed E-state index contributed by atoms with van der Waals surface area (Å²) >= 11 is 5.78. The topological polar surface area (TPSA) is 84.9 Å². The maximum absolute atomic E-state index is 12.9. The van der Waals surface area contributed by atoms with E-state index >= 15 is 0 Å². The molecule has 1 fully saturated rings. The van der Waals surface area contributed by atoms with Crippen LogP contribution in [0.5, 0.6) is 5.75 Å². The predicted molar refractivity (Wildman–Crippen MR) is 75.5 cm³/mol. The van der Waals surface area contributed by atoms with Crippen LogP contribution in [0.2, 0.25) is 5.02 Å². The third kappa shape index (κ3) is 3.86. The van der Waals surface area contributed by atoms with Crippen molar-refractivity contribution in [2.24, 2.45) is 0 Å². The number of amides is 1. The van der Waals surface area contributed by atoms with Crippen LogP contribution in [0.4, 0.5) is 4.39 Å². The first kappa shape index (κ1) is 16.5. The van der Waals surface area contributed by atoms with Gasteiger partial charge in [-0.3, -0.25) is 4.79 Å². The van der Waals surface area contributed by atoms with Crippen LogP contribution in [0.15, 0.2) is 18.2 Å². The molecular formula is C14H15ClFNO5. The van der Waals surface area contributed by atoms with Crippen molar-refractivity contribution >= 4 is 23.5 Å². The normalized spacial score (nSPS) is 16.8. The Morgan fingerprint density at radius 2 is 2.09 bits per heavy atom. The molecule has 0 spiro atoms. The van der Waals surface area contributed by atoms with Crippen molar-refractivity contribution in [3.63, 3.8) is 0 Å². The largest absolute Gasteiger partial charge is 0.482 e. The Balaban J connectivity index is 1.95. The monoisotopic (exact) mass is 331 g/mol.